The summed E-state index contributed by atoms with van der Waals surface area (Å²) in [5, 5.41) is -0.248. The van der Waals surface area contributed by atoms with Gasteiger partial charge in [-0.2, -0.15) is 0 Å². The maximum absolute atomic E-state index is 13.6. The van der Waals surface area contributed by atoms with Gasteiger partial charge in [-0.05, 0) is 32.9 Å². The molecule has 0 aromatic rings. The molecule has 0 bridgehead atoms. The summed E-state index contributed by atoms with van der Waals surface area (Å²) in [5.74, 6) is -0.304. The molecule has 0 fully saturated rings. The Balaban J connectivity index is 4.95. The maximum Gasteiger partial charge on any atom is 0.410 e. The highest BCUT2D eigenvalue weighted by atomic mass is 28.4. The molecular formula is C31H59NO12Si. The average Bonchev–Trinajstić information content (AvgIpc) is 3.05. The van der Waals surface area contributed by atoms with Crippen molar-refractivity contribution < 1.29 is 56.5 Å². The highest BCUT2D eigenvalue weighted by Gasteiger charge is 2.45. The van der Waals surface area contributed by atoms with Gasteiger partial charge in [0.25, 0.3) is 0 Å². The summed E-state index contributed by atoms with van der Waals surface area (Å²) in [6.07, 6.45) is 1.26. The number of Topliss-reactive ketones (excluding diaryl/α,β-unsaturated/α-hetero) is 3. The normalized spacial score (nSPS) is 11.6. The fraction of sp³-hybridized carbons (Fsp3) is 0.871. The van der Waals surface area contributed by atoms with Crippen molar-refractivity contribution in [2.75, 3.05) is 99.0 Å². The zero-order chi connectivity index (χ0) is 33.4. The van der Waals surface area contributed by atoms with E-state index < -0.39 is 8.56 Å². The third-order valence-corrected chi connectivity index (χ3v) is 10.00. The van der Waals surface area contributed by atoms with Gasteiger partial charge in [-0.3, -0.25) is 19.2 Å². The van der Waals surface area contributed by atoms with Gasteiger partial charge in [0, 0.05) is 58.2 Å². The van der Waals surface area contributed by atoms with E-state index >= 15 is 0 Å². The van der Waals surface area contributed by atoms with Crippen molar-refractivity contribution in [3.05, 3.63) is 0 Å². The van der Waals surface area contributed by atoms with E-state index in [1.54, 1.807) is 6.92 Å². The standard InChI is InChI=1S/C31H59NO12Si/c1-4-28(33)8-9-29(34)10-11-30(35)12-13-31(36)45(27-7-14-32,43-25-23-41-21-19-39-17-15-37-5-2)44-26-24-42-22-20-40-18-16-38-6-3/h4-27,32H2,1-3H3. The van der Waals surface area contributed by atoms with Crippen LogP contribution in [0.5, 0.6) is 0 Å². The smallest absolute Gasteiger partial charge is 0.387 e. The Bertz CT molecular complexity index is 747. The van der Waals surface area contributed by atoms with E-state index in [-0.39, 0.29) is 87.7 Å². The van der Waals surface area contributed by atoms with E-state index in [0.717, 1.165) is 0 Å². The predicted octanol–water partition coefficient (Wildman–Crippen LogP) is 2.52. The second kappa shape index (κ2) is 31.2. The first-order valence-corrected chi connectivity index (χ1v) is 18.4. The van der Waals surface area contributed by atoms with Crippen molar-refractivity contribution in [1.82, 2.24) is 0 Å². The Labute approximate surface area is 270 Å². The van der Waals surface area contributed by atoms with Crippen LogP contribution in [0.1, 0.15) is 72.1 Å². The number of hydrogen-bond donors (Lipinski definition) is 1. The van der Waals surface area contributed by atoms with E-state index in [4.69, 9.17) is 43.0 Å². The van der Waals surface area contributed by atoms with Gasteiger partial charge in [0.15, 0.2) is 5.41 Å². The van der Waals surface area contributed by atoms with E-state index in [1.165, 1.54) is 0 Å². The van der Waals surface area contributed by atoms with Gasteiger partial charge in [-0.25, -0.2) is 0 Å². The second-order valence-electron chi connectivity index (χ2n) is 10.1. The van der Waals surface area contributed by atoms with Gasteiger partial charge in [-0.15, -0.1) is 0 Å². The van der Waals surface area contributed by atoms with Gasteiger partial charge in [-0.1, -0.05) is 6.92 Å². The van der Waals surface area contributed by atoms with Crippen LogP contribution in [-0.2, 0) is 56.5 Å². The number of nitrogens with two attached hydrogens (primary N) is 1. The van der Waals surface area contributed by atoms with Crippen LogP contribution in [0.15, 0.2) is 0 Å². The Morgan fingerprint density at radius 1 is 0.489 bits per heavy atom. The number of ketones is 3. The Morgan fingerprint density at radius 2 is 0.844 bits per heavy atom. The molecule has 13 nitrogen and oxygen atoms in total. The lowest BCUT2D eigenvalue weighted by Gasteiger charge is -2.29. The average molecular weight is 666 g/mol. The van der Waals surface area contributed by atoms with Crippen LogP contribution >= 0.6 is 0 Å². The van der Waals surface area contributed by atoms with Gasteiger partial charge in [0.05, 0.1) is 79.3 Å². The molecule has 0 unspecified atom stereocenters. The van der Waals surface area contributed by atoms with Crippen molar-refractivity contribution in [2.24, 2.45) is 5.73 Å². The number of carbonyl (C=O) groups excluding carboxylic acids is 4. The fourth-order valence-electron chi connectivity index (χ4n) is 3.95. The number of hydrogen-bond acceptors (Lipinski definition) is 13. The van der Waals surface area contributed by atoms with E-state index in [1.807, 2.05) is 13.8 Å². The summed E-state index contributed by atoms with van der Waals surface area (Å²) in [5.41, 5.74) is 5.78. The molecule has 0 rings (SSSR count). The zero-order valence-electron chi connectivity index (χ0n) is 27.9. The largest absolute Gasteiger partial charge is 0.410 e. The highest BCUT2D eigenvalue weighted by Crippen LogP contribution is 2.21. The van der Waals surface area contributed by atoms with Crippen LogP contribution in [0.4, 0.5) is 0 Å². The molecule has 0 saturated carbocycles. The van der Waals surface area contributed by atoms with Crippen LogP contribution < -0.4 is 5.73 Å². The Morgan fingerprint density at radius 3 is 1.22 bits per heavy atom. The van der Waals surface area contributed by atoms with E-state index in [9.17, 15) is 19.2 Å². The summed E-state index contributed by atoms with van der Waals surface area (Å²) < 4.78 is 44.9. The molecule has 264 valence electrons. The fourth-order valence-corrected chi connectivity index (χ4v) is 6.92. The highest BCUT2D eigenvalue weighted by molar-refractivity contribution is 6.97. The van der Waals surface area contributed by atoms with Crippen LogP contribution in [0, 0.1) is 0 Å². The summed E-state index contributed by atoms with van der Waals surface area (Å²) in [7, 11) is -3.47. The van der Waals surface area contributed by atoms with Gasteiger partial charge >= 0.3 is 8.56 Å². The van der Waals surface area contributed by atoms with E-state index in [2.05, 4.69) is 0 Å². The molecule has 0 radical (unpaired) electrons. The van der Waals surface area contributed by atoms with Gasteiger partial charge in [0.1, 0.15) is 17.3 Å². The lowest BCUT2D eigenvalue weighted by Crippen LogP contribution is -2.52. The molecule has 0 aromatic heterocycles. The minimum Gasteiger partial charge on any atom is -0.387 e. The molecule has 0 saturated heterocycles. The third-order valence-electron chi connectivity index (χ3n) is 6.55. The number of rotatable bonds is 36. The second-order valence-corrected chi connectivity index (χ2v) is 13.2. The molecule has 0 aromatic carbocycles. The van der Waals surface area contributed by atoms with Crippen molar-refractivity contribution in [1.29, 1.82) is 0 Å². The topological polar surface area (TPSA) is 168 Å². The van der Waals surface area contributed by atoms with Crippen molar-refractivity contribution >= 4 is 31.3 Å². The zero-order valence-corrected chi connectivity index (χ0v) is 28.9. The first kappa shape index (κ1) is 43.5. The molecule has 0 aliphatic rings. The molecule has 0 spiro atoms. The Kier molecular flexibility index (Phi) is 30.1. The number of ether oxygens (including phenoxy) is 6. The van der Waals surface area contributed by atoms with Crippen molar-refractivity contribution in [3.63, 3.8) is 0 Å². The van der Waals surface area contributed by atoms with Crippen LogP contribution in [0.2, 0.25) is 6.04 Å². The molecule has 2 N–H and O–H groups in total. The van der Waals surface area contributed by atoms with Crippen LogP contribution in [-0.4, -0.2) is 130 Å². The molecule has 14 heteroatoms. The summed E-state index contributed by atoms with van der Waals surface area (Å²) >= 11 is 0. The summed E-state index contributed by atoms with van der Waals surface area (Å²) in [6, 6.07) is 0.335. The molecule has 0 heterocycles. The lowest BCUT2D eigenvalue weighted by molar-refractivity contribution is -0.126. The first-order chi connectivity index (χ1) is 21.8. The summed E-state index contributed by atoms with van der Waals surface area (Å²) in [6.45, 7) is 11.5. The third kappa shape index (κ3) is 25.3. The predicted molar refractivity (Wildman–Crippen MR) is 170 cm³/mol. The van der Waals surface area contributed by atoms with E-state index in [0.29, 0.717) is 91.5 Å². The van der Waals surface area contributed by atoms with Crippen molar-refractivity contribution in [3.8, 4) is 0 Å². The minimum absolute atomic E-state index is 0.0186. The van der Waals surface area contributed by atoms with Crippen LogP contribution in [0.25, 0.3) is 0 Å². The van der Waals surface area contributed by atoms with Crippen LogP contribution in [0.3, 0.4) is 0 Å². The molecule has 0 atom stereocenters. The maximum atomic E-state index is 13.6. The van der Waals surface area contributed by atoms with Gasteiger partial charge in [0.2, 0.25) is 0 Å². The lowest BCUT2D eigenvalue weighted by atomic mass is 10.0. The monoisotopic (exact) mass is 665 g/mol. The Hall–Kier alpha value is -1.46. The number of carbonyl (C=O) groups is 4. The molecule has 0 aliphatic heterocycles. The molecule has 45 heavy (non-hydrogen) atoms. The molecule has 0 amide bonds. The summed E-state index contributed by atoms with van der Waals surface area (Å²) in [4.78, 5) is 49.6. The van der Waals surface area contributed by atoms with Gasteiger partial charge < -0.3 is 43.0 Å². The SMILES string of the molecule is CCOCCOCCOCCO[Si](CCCN)(OCCOCCOCCOCC)C(=O)CCC(=O)CCC(=O)CCC(=O)CC. The molecule has 0 aliphatic carbocycles. The minimum atomic E-state index is -3.47. The van der Waals surface area contributed by atoms with Crippen molar-refractivity contribution in [2.45, 2.75) is 78.2 Å². The first-order valence-electron chi connectivity index (χ1n) is 16.4. The quantitative estimate of drug-likeness (QED) is 0.0766. The molecular weight excluding hydrogens is 606 g/mol.